The molecule has 0 aromatic carbocycles. The van der Waals surface area contributed by atoms with Crippen LogP contribution in [0.3, 0.4) is 0 Å². The molecule has 2 heterocycles. The Hall–Kier alpha value is -1.61. The van der Waals surface area contributed by atoms with Gasteiger partial charge in [-0.1, -0.05) is 13.0 Å². The summed E-state index contributed by atoms with van der Waals surface area (Å²) in [6.07, 6.45) is 7.80. The fourth-order valence-electron chi connectivity index (χ4n) is 2.36. The molecule has 2 rings (SSSR count). The number of nitrogens with zero attached hydrogens (tertiary/aromatic N) is 1. The van der Waals surface area contributed by atoms with Gasteiger partial charge in [-0.2, -0.15) is 0 Å². The first-order valence-electron chi connectivity index (χ1n) is 7.46. The van der Waals surface area contributed by atoms with E-state index in [9.17, 15) is 0 Å². The van der Waals surface area contributed by atoms with Crippen LogP contribution in [-0.2, 0) is 12.8 Å². The molecule has 108 valence electrons. The van der Waals surface area contributed by atoms with Crippen LogP contribution >= 0.6 is 0 Å². The van der Waals surface area contributed by atoms with Gasteiger partial charge in [-0.3, -0.25) is 4.98 Å². The zero-order chi connectivity index (χ0) is 14.2. The molecule has 1 N–H and O–H groups in total. The second-order valence-electron chi connectivity index (χ2n) is 5.24. The van der Waals surface area contributed by atoms with Crippen molar-refractivity contribution < 1.29 is 4.42 Å². The fourth-order valence-corrected chi connectivity index (χ4v) is 2.36. The summed E-state index contributed by atoms with van der Waals surface area (Å²) in [6, 6.07) is 8.57. The summed E-state index contributed by atoms with van der Waals surface area (Å²) >= 11 is 0. The van der Waals surface area contributed by atoms with Crippen LogP contribution in [0, 0.1) is 6.92 Å². The summed E-state index contributed by atoms with van der Waals surface area (Å²) in [5.41, 5.74) is 2.47. The highest BCUT2D eigenvalue weighted by Gasteiger charge is 2.12. The summed E-state index contributed by atoms with van der Waals surface area (Å²) < 4.78 is 5.42. The Morgan fingerprint density at radius 2 is 2.20 bits per heavy atom. The number of pyridine rings is 1. The molecule has 0 radical (unpaired) electrons. The van der Waals surface area contributed by atoms with Crippen LogP contribution in [0.25, 0.3) is 0 Å². The minimum atomic E-state index is 0.452. The van der Waals surface area contributed by atoms with Crippen molar-refractivity contribution in [2.45, 2.75) is 45.6 Å². The Kier molecular flexibility index (Phi) is 5.81. The molecule has 0 saturated carbocycles. The third-order valence-electron chi connectivity index (χ3n) is 3.56. The number of furan rings is 1. The zero-order valence-electron chi connectivity index (χ0n) is 12.4. The van der Waals surface area contributed by atoms with Crippen molar-refractivity contribution in [3.05, 3.63) is 53.7 Å². The molecule has 1 unspecified atom stereocenters. The van der Waals surface area contributed by atoms with E-state index in [0.717, 1.165) is 38.0 Å². The molecule has 0 saturated heterocycles. The summed E-state index contributed by atoms with van der Waals surface area (Å²) in [6.45, 7) is 5.38. The van der Waals surface area contributed by atoms with E-state index in [1.807, 2.05) is 24.4 Å². The van der Waals surface area contributed by atoms with Crippen LogP contribution in [0.1, 0.15) is 36.8 Å². The van der Waals surface area contributed by atoms with Gasteiger partial charge in [-0.15, -0.1) is 0 Å². The first-order valence-corrected chi connectivity index (χ1v) is 7.46. The molecule has 20 heavy (non-hydrogen) atoms. The SMILES string of the molecule is CCCNC(CCc1ccco1)Cc1ncccc1C. The van der Waals surface area contributed by atoms with Gasteiger partial charge < -0.3 is 9.73 Å². The minimum absolute atomic E-state index is 0.452. The molecule has 0 aliphatic heterocycles. The number of aromatic nitrogens is 1. The zero-order valence-corrected chi connectivity index (χ0v) is 12.4. The highest BCUT2D eigenvalue weighted by atomic mass is 16.3. The maximum atomic E-state index is 5.42. The fraction of sp³-hybridized carbons (Fsp3) is 0.471. The molecule has 1 atom stereocenters. The molecular formula is C17H24N2O. The van der Waals surface area contributed by atoms with Crippen LogP contribution in [0.4, 0.5) is 0 Å². The van der Waals surface area contributed by atoms with Crippen molar-refractivity contribution in [3.8, 4) is 0 Å². The largest absolute Gasteiger partial charge is 0.469 e. The Labute approximate surface area is 121 Å². The average molecular weight is 272 g/mol. The van der Waals surface area contributed by atoms with Gasteiger partial charge in [0.1, 0.15) is 5.76 Å². The van der Waals surface area contributed by atoms with Crippen LogP contribution < -0.4 is 5.32 Å². The van der Waals surface area contributed by atoms with E-state index in [2.05, 4.69) is 30.2 Å². The standard InChI is InChI=1S/C17H24N2O/c1-3-10-18-15(8-9-16-7-5-12-20-16)13-17-14(2)6-4-11-19-17/h4-7,11-12,15,18H,3,8-10,13H2,1-2H3. The lowest BCUT2D eigenvalue weighted by Gasteiger charge is -2.18. The molecule has 2 aromatic rings. The maximum absolute atomic E-state index is 5.42. The lowest BCUT2D eigenvalue weighted by molar-refractivity contribution is 0.438. The molecule has 0 bridgehead atoms. The molecule has 2 aromatic heterocycles. The van der Waals surface area contributed by atoms with Crippen molar-refractivity contribution >= 4 is 0 Å². The Bertz CT molecular complexity index is 493. The quantitative estimate of drug-likeness (QED) is 0.799. The number of hydrogen-bond acceptors (Lipinski definition) is 3. The van der Waals surface area contributed by atoms with Crippen LogP contribution in [0.5, 0.6) is 0 Å². The van der Waals surface area contributed by atoms with Gasteiger partial charge >= 0.3 is 0 Å². The Morgan fingerprint density at radius 3 is 2.90 bits per heavy atom. The number of aryl methyl sites for hydroxylation is 2. The normalized spacial score (nSPS) is 12.5. The lowest BCUT2D eigenvalue weighted by atomic mass is 10.0. The lowest BCUT2D eigenvalue weighted by Crippen LogP contribution is -2.32. The van der Waals surface area contributed by atoms with E-state index < -0.39 is 0 Å². The predicted octanol–water partition coefficient (Wildman–Crippen LogP) is 3.53. The molecule has 0 fully saturated rings. The average Bonchev–Trinajstić information content (AvgIpc) is 2.97. The first-order chi connectivity index (χ1) is 9.79. The first kappa shape index (κ1) is 14.8. The van der Waals surface area contributed by atoms with Crippen LogP contribution in [-0.4, -0.2) is 17.6 Å². The summed E-state index contributed by atoms with van der Waals surface area (Å²) in [5.74, 6) is 1.06. The molecule has 0 spiro atoms. The van der Waals surface area contributed by atoms with Gasteiger partial charge in [-0.05, 0) is 50.1 Å². The van der Waals surface area contributed by atoms with E-state index in [1.54, 1.807) is 6.26 Å². The molecule has 0 aliphatic carbocycles. The maximum Gasteiger partial charge on any atom is 0.103 e. The van der Waals surface area contributed by atoms with E-state index in [-0.39, 0.29) is 0 Å². The Balaban J connectivity index is 1.94. The van der Waals surface area contributed by atoms with Gasteiger partial charge in [0, 0.05) is 30.8 Å². The second-order valence-corrected chi connectivity index (χ2v) is 5.24. The van der Waals surface area contributed by atoms with Gasteiger partial charge in [0.25, 0.3) is 0 Å². The van der Waals surface area contributed by atoms with Gasteiger partial charge in [-0.25, -0.2) is 0 Å². The highest BCUT2D eigenvalue weighted by Crippen LogP contribution is 2.12. The van der Waals surface area contributed by atoms with Gasteiger partial charge in [0.2, 0.25) is 0 Å². The van der Waals surface area contributed by atoms with E-state index in [0.29, 0.717) is 6.04 Å². The van der Waals surface area contributed by atoms with Gasteiger partial charge in [0.15, 0.2) is 0 Å². The van der Waals surface area contributed by atoms with Crippen LogP contribution in [0.15, 0.2) is 41.1 Å². The smallest absolute Gasteiger partial charge is 0.103 e. The molecule has 3 heteroatoms. The van der Waals surface area contributed by atoms with Crippen molar-refractivity contribution in [2.24, 2.45) is 0 Å². The van der Waals surface area contributed by atoms with Crippen molar-refractivity contribution in [2.75, 3.05) is 6.54 Å². The second kappa shape index (κ2) is 7.85. The summed E-state index contributed by atoms with van der Waals surface area (Å²) in [4.78, 5) is 4.51. The van der Waals surface area contributed by atoms with Crippen molar-refractivity contribution in [1.82, 2.24) is 10.3 Å². The third-order valence-corrected chi connectivity index (χ3v) is 3.56. The molecule has 0 amide bonds. The van der Waals surface area contributed by atoms with Crippen molar-refractivity contribution in [1.29, 1.82) is 0 Å². The van der Waals surface area contributed by atoms with E-state index in [4.69, 9.17) is 4.42 Å². The number of hydrogen-bond donors (Lipinski definition) is 1. The van der Waals surface area contributed by atoms with Crippen molar-refractivity contribution in [3.63, 3.8) is 0 Å². The molecular weight excluding hydrogens is 248 g/mol. The number of rotatable bonds is 8. The highest BCUT2D eigenvalue weighted by molar-refractivity contribution is 5.18. The van der Waals surface area contributed by atoms with E-state index >= 15 is 0 Å². The predicted molar refractivity (Wildman–Crippen MR) is 81.8 cm³/mol. The third kappa shape index (κ3) is 4.49. The molecule has 0 aliphatic rings. The number of nitrogens with one attached hydrogen (secondary N) is 1. The van der Waals surface area contributed by atoms with Crippen LogP contribution in [0.2, 0.25) is 0 Å². The summed E-state index contributed by atoms with van der Waals surface area (Å²) in [5, 5.41) is 3.63. The van der Waals surface area contributed by atoms with E-state index in [1.165, 1.54) is 11.3 Å². The topological polar surface area (TPSA) is 38.1 Å². The van der Waals surface area contributed by atoms with Gasteiger partial charge in [0.05, 0.1) is 6.26 Å². The monoisotopic (exact) mass is 272 g/mol. The minimum Gasteiger partial charge on any atom is -0.469 e. The Morgan fingerprint density at radius 1 is 1.30 bits per heavy atom. The summed E-state index contributed by atoms with van der Waals surface area (Å²) in [7, 11) is 0. The molecule has 3 nitrogen and oxygen atoms in total.